The van der Waals surface area contributed by atoms with Gasteiger partial charge >= 0.3 is 5.69 Å². The molecule has 0 spiro atoms. The molecule has 4 rings (SSSR count). The second-order valence-corrected chi connectivity index (χ2v) is 7.66. The number of para-hydroxylation sites is 1. The maximum atomic E-state index is 12.9. The van der Waals surface area contributed by atoms with E-state index in [4.69, 9.17) is 0 Å². The van der Waals surface area contributed by atoms with Crippen LogP contribution in [0.3, 0.4) is 0 Å². The van der Waals surface area contributed by atoms with Crippen molar-refractivity contribution < 1.29 is 9.59 Å². The number of benzene rings is 1. The third kappa shape index (κ3) is 3.49. The quantitative estimate of drug-likeness (QED) is 0.716. The molecule has 8 nitrogen and oxygen atoms in total. The Bertz CT molecular complexity index is 955. The van der Waals surface area contributed by atoms with Gasteiger partial charge in [0.25, 0.3) is 0 Å². The van der Waals surface area contributed by atoms with Gasteiger partial charge in [-0.05, 0) is 37.4 Å². The lowest BCUT2D eigenvalue weighted by molar-refractivity contribution is -0.135. The molecule has 0 radical (unpaired) electrons. The van der Waals surface area contributed by atoms with Gasteiger partial charge in [-0.2, -0.15) is 0 Å². The zero-order valence-electron chi connectivity index (χ0n) is 16.2. The molecule has 28 heavy (non-hydrogen) atoms. The third-order valence-electron chi connectivity index (χ3n) is 5.84. The number of nitrogens with zero attached hydrogens (tertiary/aromatic N) is 3. The molecule has 2 aliphatic rings. The number of aromatic nitrogens is 2. The van der Waals surface area contributed by atoms with Gasteiger partial charge in [0.2, 0.25) is 11.8 Å². The minimum atomic E-state index is -0.634. The van der Waals surface area contributed by atoms with Crippen molar-refractivity contribution in [2.75, 3.05) is 32.7 Å². The summed E-state index contributed by atoms with van der Waals surface area (Å²) < 4.78 is 3.19. The number of piperidine rings is 1. The van der Waals surface area contributed by atoms with E-state index in [9.17, 15) is 14.4 Å². The van der Waals surface area contributed by atoms with Crippen molar-refractivity contribution in [2.45, 2.75) is 31.7 Å². The van der Waals surface area contributed by atoms with Crippen LogP contribution in [0.1, 0.15) is 30.9 Å². The Morgan fingerprint density at radius 2 is 1.93 bits per heavy atom. The standard InChI is InChI=1S/C20H27N5O3/c1-23-18-14(5-3-11-24-12-9-21-10-13-24)4-2-6-15(18)25(20(23)28)16-7-8-17(26)22-19(16)27/h2,4,6,16,21H,3,5,7-13H2,1H3,(H,22,26,27). The van der Waals surface area contributed by atoms with Crippen LogP contribution in [0.5, 0.6) is 0 Å². The maximum Gasteiger partial charge on any atom is 0.329 e. The van der Waals surface area contributed by atoms with Gasteiger partial charge in [-0.15, -0.1) is 0 Å². The molecular formula is C20H27N5O3. The molecule has 3 heterocycles. The molecule has 2 saturated heterocycles. The number of carbonyl (C=O) groups excluding carboxylic acids is 2. The smallest absolute Gasteiger partial charge is 0.314 e. The lowest BCUT2D eigenvalue weighted by Crippen LogP contribution is -2.44. The van der Waals surface area contributed by atoms with E-state index >= 15 is 0 Å². The SMILES string of the molecule is Cn1c(=O)n(C2CCC(=O)NC2=O)c2cccc(CCCN3CCNCC3)c21. The van der Waals surface area contributed by atoms with Crippen LogP contribution in [0.4, 0.5) is 0 Å². The summed E-state index contributed by atoms with van der Waals surface area (Å²) in [5.41, 5.74) is 2.57. The second kappa shape index (κ2) is 7.89. The lowest BCUT2D eigenvalue weighted by atomic mass is 10.0. The van der Waals surface area contributed by atoms with Crippen molar-refractivity contribution in [3.05, 3.63) is 34.2 Å². The fourth-order valence-electron chi connectivity index (χ4n) is 4.38. The van der Waals surface area contributed by atoms with Gasteiger partial charge in [0.05, 0.1) is 11.0 Å². The van der Waals surface area contributed by atoms with E-state index in [1.807, 2.05) is 12.1 Å². The molecule has 2 aromatic rings. The number of imidazole rings is 1. The summed E-state index contributed by atoms with van der Waals surface area (Å²) in [6, 6.07) is 5.27. The van der Waals surface area contributed by atoms with Crippen LogP contribution in [0.2, 0.25) is 0 Å². The van der Waals surface area contributed by atoms with Crippen LogP contribution in [0.25, 0.3) is 11.0 Å². The number of nitrogens with one attached hydrogen (secondary N) is 2. The number of fused-ring (bicyclic) bond motifs is 1. The van der Waals surface area contributed by atoms with Crippen LogP contribution >= 0.6 is 0 Å². The van der Waals surface area contributed by atoms with Crippen molar-refractivity contribution >= 4 is 22.8 Å². The lowest BCUT2D eigenvalue weighted by Gasteiger charge is -2.27. The monoisotopic (exact) mass is 385 g/mol. The van der Waals surface area contributed by atoms with Crippen LogP contribution < -0.4 is 16.3 Å². The molecule has 1 aromatic heterocycles. The summed E-state index contributed by atoms with van der Waals surface area (Å²) >= 11 is 0. The van der Waals surface area contributed by atoms with E-state index in [0.717, 1.165) is 62.2 Å². The molecule has 1 unspecified atom stereocenters. The molecule has 2 amide bonds. The fourth-order valence-corrected chi connectivity index (χ4v) is 4.38. The van der Waals surface area contributed by atoms with Crippen LogP contribution in [0.15, 0.2) is 23.0 Å². The minimum absolute atomic E-state index is 0.209. The van der Waals surface area contributed by atoms with Crippen molar-refractivity contribution in [2.24, 2.45) is 7.05 Å². The molecule has 0 aliphatic carbocycles. The first-order chi connectivity index (χ1) is 13.6. The van der Waals surface area contributed by atoms with Crippen molar-refractivity contribution in [1.82, 2.24) is 24.7 Å². The summed E-state index contributed by atoms with van der Waals surface area (Å²) in [5.74, 6) is -0.668. The number of imide groups is 1. The van der Waals surface area contributed by atoms with Gasteiger partial charge in [0, 0.05) is 39.6 Å². The molecule has 0 bridgehead atoms. The number of aryl methyl sites for hydroxylation is 2. The predicted octanol–water partition coefficient (Wildman–Crippen LogP) is 0.156. The molecule has 1 atom stereocenters. The minimum Gasteiger partial charge on any atom is -0.314 e. The normalized spacial score (nSPS) is 21.2. The molecule has 8 heteroatoms. The van der Waals surface area contributed by atoms with Crippen molar-refractivity contribution in [3.63, 3.8) is 0 Å². The van der Waals surface area contributed by atoms with E-state index in [-0.39, 0.29) is 18.0 Å². The van der Waals surface area contributed by atoms with Crippen LogP contribution in [-0.4, -0.2) is 58.6 Å². The average Bonchev–Trinajstić information content (AvgIpc) is 2.94. The van der Waals surface area contributed by atoms with Gasteiger partial charge in [0.15, 0.2) is 0 Å². The van der Waals surface area contributed by atoms with Gasteiger partial charge in [0.1, 0.15) is 6.04 Å². The molecule has 1 aromatic carbocycles. The molecule has 150 valence electrons. The first-order valence-corrected chi connectivity index (χ1v) is 10.0. The highest BCUT2D eigenvalue weighted by molar-refractivity contribution is 6.00. The Balaban J connectivity index is 1.60. The molecule has 2 aliphatic heterocycles. The Kier molecular flexibility index (Phi) is 5.32. The van der Waals surface area contributed by atoms with Crippen molar-refractivity contribution in [1.29, 1.82) is 0 Å². The molecular weight excluding hydrogens is 358 g/mol. The van der Waals surface area contributed by atoms with E-state index in [1.54, 1.807) is 16.2 Å². The zero-order valence-corrected chi connectivity index (χ0v) is 16.2. The van der Waals surface area contributed by atoms with Crippen molar-refractivity contribution in [3.8, 4) is 0 Å². The summed E-state index contributed by atoms with van der Waals surface area (Å²) in [4.78, 5) is 39.2. The highest BCUT2D eigenvalue weighted by atomic mass is 16.2. The summed E-state index contributed by atoms with van der Waals surface area (Å²) in [6.45, 7) is 5.28. The topological polar surface area (TPSA) is 88.4 Å². The van der Waals surface area contributed by atoms with Gasteiger partial charge in [-0.25, -0.2) is 4.79 Å². The number of hydrogen-bond acceptors (Lipinski definition) is 5. The average molecular weight is 385 g/mol. The zero-order chi connectivity index (χ0) is 19.7. The van der Waals surface area contributed by atoms with E-state index in [1.165, 1.54) is 0 Å². The van der Waals surface area contributed by atoms with E-state index in [2.05, 4.69) is 21.6 Å². The highest BCUT2D eigenvalue weighted by Gasteiger charge is 2.31. The fraction of sp³-hybridized carbons (Fsp3) is 0.550. The summed E-state index contributed by atoms with van der Waals surface area (Å²) in [5, 5.41) is 5.72. The predicted molar refractivity (Wildman–Crippen MR) is 106 cm³/mol. The maximum absolute atomic E-state index is 12.9. The Morgan fingerprint density at radius 1 is 1.14 bits per heavy atom. The largest absolute Gasteiger partial charge is 0.329 e. The molecule has 2 fully saturated rings. The van der Waals surface area contributed by atoms with Gasteiger partial charge in [-0.1, -0.05) is 12.1 Å². The third-order valence-corrected chi connectivity index (χ3v) is 5.84. The highest BCUT2D eigenvalue weighted by Crippen LogP contribution is 2.25. The van der Waals surface area contributed by atoms with Gasteiger partial charge in [-0.3, -0.25) is 24.0 Å². The first-order valence-electron chi connectivity index (χ1n) is 10.0. The van der Waals surface area contributed by atoms with E-state index < -0.39 is 11.9 Å². The van der Waals surface area contributed by atoms with Crippen LogP contribution in [-0.2, 0) is 23.1 Å². The van der Waals surface area contributed by atoms with E-state index in [0.29, 0.717) is 6.42 Å². The first kappa shape index (κ1) is 18.9. The number of carbonyl (C=O) groups is 2. The Morgan fingerprint density at radius 3 is 2.68 bits per heavy atom. The summed E-state index contributed by atoms with van der Waals surface area (Å²) in [6.07, 6.45) is 2.52. The van der Waals surface area contributed by atoms with Crippen LogP contribution in [0, 0.1) is 0 Å². The molecule has 0 saturated carbocycles. The number of piperazine rings is 1. The molecule has 2 N–H and O–H groups in total. The Labute approximate surface area is 163 Å². The van der Waals surface area contributed by atoms with Gasteiger partial charge < -0.3 is 10.2 Å². The summed E-state index contributed by atoms with van der Waals surface area (Å²) in [7, 11) is 1.76. The second-order valence-electron chi connectivity index (χ2n) is 7.66. The Hall–Kier alpha value is -2.45. The number of hydrogen-bond donors (Lipinski definition) is 2. The number of rotatable bonds is 5. The number of amides is 2.